The lowest BCUT2D eigenvalue weighted by Crippen LogP contribution is -1.99. The summed E-state index contributed by atoms with van der Waals surface area (Å²) in [6.07, 6.45) is 8.91. The lowest BCUT2D eigenvalue weighted by Gasteiger charge is -1.98. The highest BCUT2D eigenvalue weighted by molar-refractivity contribution is 4.99. The minimum absolute atomic E-state index is 0.279. The molecule has 1 rings (SSSR count). The summed E-state index contributed by atoms with van der Waals surface area (Å²) >= 11 is 0. The third-order valence-corrected chi connectivity index (χ3v) is 1.68. The summed E-state index contributed by atoms with van der Waals surface area (Å²) in [4.78, 5) is 10.1. The molecule has 0 aromatic carbocycles. The first kappa shape index (κ1) is 7.98. The number of hydrogen-bond donors (Lipinski definition) is 0. The van der Waals surface area contributed by atoms with E-state index in [0.717, 1.165) is 19.3 Å². The number of rotatable bonds is 1. The molecule has 0 atom stereocenters. The summed E-state index contributed by atoms with van der Waals surface area (Å²) in [5, 5.41) is 10.3. The van der Waals surface area contributed by atoms with Crippen LogP contribution in [0, 0.1) is 10.1 Å². The molecule has 0 aromatic rings. The van der Waals surface area contributed by atoms with Crippen molar-refractivity contribution in [1.82, 2.24) is 0 Å². The number of nitrogens with zero attached hydrogens (tertiary/aromatic N) is 1. The highest BCUT2D eigenvalue weighted by Gasteiger charge is 2.08. The van der Waals surface area contributed by atoms with Gasteiger partial charge in [0.1, 0.15) is 0 Å². The van der Waals surface area contributed by atoms with Crippen molar-refractivity contribution in [3.8, 4) is 0 Å². The quantitative estimate of drug-likeness (QED) is 0.329. The van der Waals surface area contributed by atoms with E-state index < -0.39 is 0 Å². The molecule has 0 aliphatic heterocycles. The van der Waals surface area contributed by atoms with Crippen molar-refractivity contribution in [3.05, 3.63) is 34.0 Å². The van der Waals surface area contributed by atoms with Gasteiger partial charge in [-0.3, -0.25) is 10.1 Å². The fourth-order valence-electron chi connectivity index (χ4n) is 1.08. The molecule has 1 aliphatic rings. The highest BCUT2D eigenvalue weighted by atomic mass is 16.6. The Kier molecular flexibility index (Phi) is 2.83. The lowest BCUT2D eigenvalue weighted by atomic mass is 10.1. The zero-order valence-electron chi connectivity index (χ0n) is 6.32. The van der Waals surface area contributed by atoms with Crippen molar-refractivity contribution < 1.29 is 4.92 Å². The summed E-state index contributed by atoms with van der Waals surface area (Å²) in [7, 11) is 0. The van der Waals surface area contributed by atoms with E-state index in [1.807, 2.05) is 6.08 Å². The molecule has 0 saturated heterocycles. The lowest BCUT2D eigenvalue weighted by molar-refractivity contribution is -0.428. The van der Waals surface area contributed by atoms with Gasteiger partial charge in [-0.05, 0) is 25.3 Å². The highest BCUT2D eigenvalue weighted by Crippen LogP contribution is 2.12. The maximum Gasteiger partial charge on any atom is 0.242 e. The molecule has 0 bridgehead atoms. The van der Waals surface area contributed by atoms with Crippen LogP contribution in [-0.2, 0) is 0 Å². The molecule has 0 heterocycles. The van der Waals surface area contributed by atoms with E-state index in [9.17, 15) is 10.1 Å². The van der Waals surface area contributed by atoms with E-state index in [1.54, 1.807) is 6.08 Å². The third kappa shape index (κ3) is 2.53. The first-order valence-corrected chi connectivity index (χ1v) is 3.79. The molecule has 0 spiro atoms. The first-order chi connectivity index (χ1) is 5.30. The first-order valence-electron chi connectivity index (χ1n) is 3.79. The molecule has 60 valence electrons. The van der Waals surface area contributed by atoms with E-state index >= 15 is 0 Å². The van der Waals surface area contributed by atoms with Crippen molar-refractivity contribution in [3.63, 3.8) is 0 Å². The molecular weight excluding hydrogens is 142 g/mol. The van der Waals surface area contributed by atoms with Crippen LogP contribution >= 0.6 is 0 Å². The predicted octanol–water partition coefficient (Wildman–Crippen LogP) is 2.28. The Morgan fingerprint density at radius 2 is 2.00 bits per heavy atom. The van der Waals surface area contributed by atoms with Crippen LogP contribution in [0.5, 0.6) is 0 Å². The Balaban J connectivity index is 2.57. The van der Waals surface area contributed by atoms with Crippen molar-refractivity contribution in [1.29, 1.82) is 0 Å². The van der Waals surface area contributed by atoms with Crippen molar-refractivity contribution >= 4 is 0 Å². The van der Waals surface area contributed by atoms with Gasteiger partial charge in [0.15, 0.2) is 0 Å². The molecule has 3 nitrogen and oxygen atoms in total. The normalized spacial score (nSPS) is 26.0. The van der Waals surface area contributed by atoms with E-state index in [0.29, 0.717) is 12.1 Å². The average molecular weight is 153 g/mol. The molecule has 1 aliphatic carbocycles. The van der Waals surface area contributed by atoms with Crippen molar-refractivity contribution in [2.24, 2.45) is 0 Å². The Bertz CT molecular complexity index is 206. The van der Waals surface area contributed by atoms with E-state index in [4.69, 9.17) is 0 Å². The fourth-order valence-corrected chi connectivity index (χ4v) is 1.08. The zero-order chi connectivity index (χ0) is 8.10. The average Bonchev–Trinajstić information content (AvgIpc) is 1.84. The molecule has 0 radical (unpaired) electrons. The predicted molar refractivity (Wildman–Crippen MR) is 42.7 cm³/mol. The van der Waals surface area contributed by atoms with E-state index in [1.165, 1.54) is 0 Å². The minimum atomic E-state index is -0.279. The molecule has 0 fully saturated rings. The molecule has 0 amide bonds. The van der Waals surface area contributed by atoms with Crippen LogP contribution in [0.2, 0.25) is 0 Å². The Morgan fingerprint density at radius 1 is 1.27 bits per heavy atom. The van der Waals surface area contributed by atoms with Gasteiger partial charge in [0.2, 0.25) is 5.70 Å². The van der Waals surface area contributed by atoms with Gasteiger partial charge in [-0.25, -0.2) is 0 Å². The van der Waals surface area contributed by atoms with Crippen LogP contribution in [0.15, 0.2) is 23.9 Å². The standard InChI is InChI=1S/C8H11NO2/c10-9(11)8-6-4-2-1-3-5-7-8/h1-2,7H,3-6H2/b2-1-,8-7+. The van der Waals surface area contributed by atoms with Gasteiger partial charge in [-0.15, -0.1) is 0 Å². The number of allylic oxidation sites excluding steroid dienone is 4. The summed E-state index contributed by atoms with van der Waals surface area (Å²) in [6, 6.07) is 0. The van der Waals surface area contributed by atoms with Crippen LogP contribution in [0.25, 0.3) is 0 Å². The van der Waals surface area contributed by atoms with Gasteiger partial charge in [-0.2, -0.15) is 0 Å². The Morgan fingerprint density at radius 3 is 2.73 bits per heavy atom. The maximum absolute atomic E-state index is 10.3. The molecule has 11 heavy (non-hydrogen) atoms. The Hall–Kier alpha value is -1.12. The largest absolute Gasteiger partial charge is 0.259 e. The van der Waals surface area contributed by atoms with Crippen LogP contribution in [0.3, 0.4) is 0 Å². The number of hydrogen-bond acceptors (Lipinski definition) is 2. The summed E-state index contributed by atoms with van der Waals surface area (Å²) in [5.74, 6) is 0. The van der Waals surface area contributed by atoms with Crippen molar-refractivity contribution in [2.45, 2.75) is 25.7 Å². The second-order valence-corrected chi connectivity index (χ2v) is 2.54. The van der Waals surface area contributed by atoms with Gasteiger partial charge in [-0.1, -0.05) is 12.2 Å². The second kappa shape index (κ2) is 3.91. The number of nitro groups is 1. The zero-order valence-corrected chi connectivity index (χ0v) is 6.32. The van der Waals surface area contributed by atoms with Crippen LogP contribution in [-0.4, -0.2) is 4.92 Å². The van der Waals surface area contributed by atoms with Gasteiger partial charge >= 0.3 is 0 Å². The van der Waals surface area contributed by atoms with Gasteiger partial charge in [0, 0.05) is 6.42 Å². The molecule has 0 unspecified atom stereocenters. The van der Waals surface area contributed by atoms with E-state index in [-0.39, 0.29) is 4.92 Å². The molecule has 0 N–H and O–H groups in total. The fraction of sp³-hybridized carbons (Fsp3) is 0.500. The third-order valence-electron chi connectivity index (χ3n) is 1.68. The minimum Gasteiger partial charge on any atom is -0.259 e. The molecular formula is C8H11NO2. The summed E-state index contributed by atoms with van der Waals surface area (Å²) < 4.78 is 0. The SMILES string of the molecule is O=[N+]([O-])/C1=C/CC/C=C\CC1. The molecule has 3 heteroatoms. The van der Waals surface area contributed by atoms with Crippen LogP contribution in [0.4, 0.5) is 0 Å². The molecule has 0 aromatic heterocycles. The molecule has 0 saturated carbocycles. The van der Waals surface area contributed by atoms with Crippen LogP contribution in [0.1, 0.15) is 25.7 Å². The smallest absolute Gasteiger partial charge is 0.242 e. The van der Waals surface area contributed by atoms with Gasteiger partial charge < -0.3 is 0 Å². The monoisotopic (exact) mass is 153 g/mol. The second-order valence-electron chi connectivity index (χ2n) is 2.54. The Labute approximate surface area is 65.6 Å². The maximum atomic E-state index is 10.3. The van der Waals surface area contributed by atoms with Gasteiger partial charge in [0.25, 0.3) is 0 Å². The van der Waals surface area contributed by atoms with Gasteiger partial charge in [0.05, 0.1) is 4.92 Å². The van der Waals surface area contributed by atoms with Crippen LogP contribution < -0.4 is 0 Å². The topological polar surface area (TPSA) is 43.1 Å². The summed E-state index contributed by atoms with van der Waals surface area (Å²) in [6.45, 7) is 0. The summed E-state index contributed by atoms with van der Waals surface area (Å²) in [5.41, 5.74) is 0.370. The van der Waals surface area contributed by atoms with Crippen molar-refractivity contribution in [2.75, 3.05) is 0 Å². The van der Waals surface area contributed by atoms with E-state index in [2.05, 4.69) is 6.08 Å².